The number of aryl methyl sites for hydroxylation is 1. The third kappa shape index (κ3) is 2.49. The maximum absolute atomic E-state index is 4.36. The Bertz CT molecular complexity index is 420. The number of rotatable bonds is 4. The van der Waals surface area contributed by atoms with E-state index in [2.05, 4.69) is 46.9 Å². The van der Waals surface area contributed by atoms with Crippen LogP contribution < -0.4 is 5.32 Å². The average Bonchev–Trinajstić information content (AvgIpc) is 2.81. The van der Waals surface area contributed by atoms with Crippen molar-refractivity contribution >= 4 is 11.3 Å². The van der Waals surface area contributed by atoms with Crippen molar-refractivity contribution in [2.45, 2.75) is 19.9 Å². The third-order valence-corrected chi connectivity index (χ3v) is 3.44. The highest BCUT2D eigenvalue weighted by Gasteiger charge is 2.13. The van der Waals surface area contributed by atoms with Crippen LogP contribution >= 0.6 is 11.3 Å². The van der Waals surface area contributed by atoms with Crippen LogP contribution in [0.5, 0.6) is 0 Å². The highest BCUT2D eigenvalue weighted by atomic mass is 32.1. The molecule has 0 spiro atoms. The van der Waals surface area contributed by atoms with Crippen molar-refractivity contribution < 1.29 is 0 Å². The lowest BCUT2D eigenvalue weighted by Gasteiger charge is -2.16. The van der Waals surface area contributed by atoms with Crippen LogP contribution in [0.25, 0.3) is 0 Å². The number of pyridine rings is 1. The van der Waals surface area contributed by atoms with Crippen LogP contribution in [0.1, 0.15) is 29.1 Å². The van der Waals surface area contributed by atoms with Crippen LogP contribution in [0.15, 0.2) is 35.8 Å². The second-order valence-corrected chi connectivity index (χ2v) is 4.72. The molecule has 0 fully saturated rings. The molecule has 2 rings (SSSR count). The Morgan fingerprint density at radius 2 is 2.25 bits per heavy atom. The lowest BCUT2D eigenvalue weighted by molar-refractivity contribution is 0.637. The third-order valence-electron chi connectivity index (χ3n) is 2.50. The summed E-state index contributed by atoms with van der Waals surface area (Å²) in [6, 6.07) is 8.74. The second kappa shape index (κ2) is 5.23. The van der Waals surface area contributed by atoms with Gasteiger partial charge in [0.1, 0.15) is 0 Å². The molecule has 1 N–H and O–H groups in total. The van der Waals surface area contributed by atoms with Crippen molar-refractivity contribution in [2.24, 2.45) is 0 Å². The lowest BCUT2D eigenvalue weighted by atomic mass is 10.1. The van der Waals surface area contributed by atoms with Gasteiger partial charge >= 0.3 is 0 Å². The fourth-order valence-electron chi connectivity index (χ4n) is 1.69. The molecule has 0 amide bonds. The number of thiophene rings is 1. The summed E-state index contributed by atoms with van der Waals surface area (Å²) in [7, 11) is 0. The van der Waals surface area contributed by atoms with Crippen molar-refractivity contribution in [3.63, 3.8) is 0 Å². The van der Waals surface area contributed by atoms with Gasteiger partial charge in [0.05, 0.1) is 6.04 Å². The number of hydrogen-bond acceptors (Lipinski definition) is 3. The Balaban J connectivity index is 2.29. The molecule has 2 nitrogen and oxygen atoms in total. The minimum Gasteiger partial charge on any atom is -0.306 e. The maximum Gasteiger partial charge on any atom is 0.0686 e. The lowest BCUT2D eigenvalue weighted by Crippen LogP contribution is -2.21. The highest BCUT2D eigenvalue weighted by Crippen LogP contribution is 2.25. The van der Waals surface area contributed by atoms with E-state index in [0.29, 0.717) is 0 Å². The van der Waals surface area contributed by atoms with Gasteiger partial charge in [0.2, 0.25) is 0 Å². The molecular weight excluding hydrogens is 216 g/mol. The van der Waals surface area contributed by atoms with Gasteiger partial charge < -0.3 is 5.32 Å². The second-order valence-electron chi connectivity index (χ2n) is 3.74. The monoisotopic (exact) mass is 232 g/mol. The molecule has 0 aromatic carbocycles. The van der Waals surface area contributed by atoms with Gasteiger partial charge in [-0.05, 0) is 36.5 Å². The van der Waals surface area contributed by atoms with Crippen molar-refractivity contribution in [3.05, 3.63) is 52.0 Å². The van der Waals surface area contributed by atoms with E-state index in [1.54, 1.807) is 11.3 Å². The van der Waals surface area contributed by atoms with E-state index in [1.165, 1.54) is 10.4 Å². The topological polar surface area (TPSA) is 24.9 Å². The first-order valence-electron chi connectivity index (χ1n) is 5.50. The molecule has 1 unspecified atom stereocenters. The summed E-state index contributed by atoms with van der Waals surface area (Å²) in [6.07, 6.45) is 1.96. The summed E-state index contributed by atoms with van der Waals surface area (Å²) in [5.41, 5.74) is 2.29. The standard InChI is InChI=1S/C13H16N2S/c1-3-14-13(12-5-4-8-16-12)11-7-6-10(2)15-9-11/h4-9,13-14H,3H2,1-2H3. The van der Waals surface area contributed by atoms with Crippen LogP contribution in [0, 0.1) is 6.92 Å². The summed E-state index contributed by atoms with van der Waals surface area (Å²) in [6.45, 7) is 5.09. The fourth-order valence-corrected chi connectivity index (χ4v) is 2.52. The molecule has 0 bridgehead atoms. The zero-order valence-electron chi connectivity index (χ0n) is 9.60. The normalized spacial score (nSPS) is 12.6. The van der Waals surface area contributed by atoms with E-state index in [9.17, 15) is 0 Å². The quantitative estimate of drug-likeness (QED) is 0.876. The molecule has 2 aromatic rings. The Labute approximate surface area is 100 Å². The Morgan fingerprint density at radius 1 is 1.38 bits per heavy atom. The maximum atomic E-state index is 4.36. The summed E-state index contributed by atoms with van der Waals surface area (Å²) in [5.74, 6) is 0. The molecule has 3 heteroatoms. The Hall–Kier alpha value is -1.19. The minimum absolute atomic E-state index is 0.276. The highest BCUT2D eigenvalue weighted by molar-refractivity contribution is 7.10. The van der Waals surface area contributed by atoms with E-state index in [1.807, 2.05) is 13.1 Å². The van der Waals surface area contributed by atoms with Gasteiger partial charge in [0, 0.05) is 16.8 Å². The fraction of sp³-hybridized carbons (Fsp3) is 0.308. The van der Waals surface area contributed by atoms with Crippen molar-refractivity contribution in [2.75, 3.05) is 6.54 Å². The van der Waals surface area contributed by atoms with Crippen molar-refractivity contribution in [1.29, 1.82) is 0 Å². The predicted octanol–water partition coefficient (Wildman–Crippen LogP) is 3.15. The first-order chi connectivity index (χ1) is 7.81. The van der Waals surface area contributed by atoms with Gasteiger partial charge in [-0.25, -0.2) is 0 Å². The Morgan fingerprint density at radius 3 is 2.81 bits per heavy atom. The minimum atomic E-state index is 0.276. The first-order valence-corrected chi connectivity index (χ1v) is 6.38. The van der Waals surface area contributed by atoms with Gasteiger partial charge in [-0.3, -0.25) is 4.98 Å². The molecule has 0 saturated heterocycles. The number of nitrogens with zero attached hydrogens (tertiary/aromatic N) is 1. The van der Waals surface area contributed by atoms with Gasteiger partial charge in [-0.1, -0.05) is 19.1 Å². The van der Waals surface area contributed by atoms with E-state index >= 15 is 0 Å². The molecule has 2 heterocycles. The van der Waals surface area contributed by atoms with E-state index < -0.39 is 0 Å². The van der Waals surface area contributed by atoms with E-state index in [0.717, 1.165) is 12.2 Å². The average molecular weight is 232 g/mol. The van der Waals surface area contributed by atoms with Crippen molar-refractivity contribution in [1.82, 2.24) is 10.3 Å². The SMILES string of the molecule is CCNC(c1ccc(C)nc1)c1cccs1. The first kappa shape index (κ1) is 11.3. The van der Waals surface area contributed by atoms with Crippen LogP contribution in [0.3, 0.4) is 0 Å². The zero-order chi connectivity index (χ0) is 11.4. The summed E-state index contributed by atoms with van der Waals surface area (Å²) < 4.78 is 0. The molecule has 1 atom stereocenters. The predicted molar refractivity (Wildman–Crippen MR) is 68.8 cm³/mol. The molecule has 0 aliphatic rings. The molecule has 0 aliphatic heterocycles. The van der Waals surface area contributed by atoms with Crippen LogP contribution in [0.4, 0.5) is 0 Å². The Kier molecular flexibility index (Phi) is 3.70. The number of nitrogens with one attached hydrogen (secondary N) is 1. The zero-order valence-corrected chi connectivity index (χ0v) is 10.4. The smallest absolute Gasteiger partial charge is 0.0686 e. The van der Waals surface area contributed by atoms with Crippen LogP contribution in [-0.4, -0.2) is 11.5 Å². The molecule has 0 aliphatic carbocycles. The van der Waals surface area contributed by atoms with E-state index in [-0.39, 0.29) is 6.04 Å². The van der Waals surface area contributed by atoms with Crippen LogP contribution in [-0.2, 0) is 0 Å². The number of aromatic nitrogens is 1. The van der Waals surface area contributed by atoms with Crippen molar-refractivity contribution in [3.8, 4) is 0 Å². The van der Waals surface area contributed by atoms with Gasteiger partial charge in [0.15, 0.2) is 0 Å². The largest absolute Gasteiger partial charge is 0.306 e. The summed E-state index contributed by atoms with van der Waals surface area (Å²) in [4.78, 5) is 5.70. The van der Waals surface area contributed by atoms with Gasteiger partial charge in [-0.2, -0.15) is 0 Å². The van der Waals surface area contributed by atoms with Crippen LogP contribution in [0.2, 0.25) is 0 Å². The summed E-state index contributed by atoms with van der Waals surface area (Å²) in [5, 5.41) is 5.60. The molecule has 84 valence electrons. The molecule has 0 radical (unpaired) electrons. The van der Waals surface area contributed by atoms with Gasteiger partial charge in [-0.15, -0.1) is 11.3 Å². The summed E-state index contributed by atoms with van der Waals surface area (Å²) >= 11 is 1.78. The number of hydrogen-bond donors (Lipinski definition) is 1. The molecular formula is C13H16N2S. The van der Waals surface area contributed by atoms with E-state index in [4.69, 9.17) is 0 Å². The molecule has 0 saturated carbocycles. The molecule has 16 heavy (non-hydrogen) atoms. The molecule has 2 aromatic heterocycles. The van der Waals surface area contributed by atoms with Gasteiger partial charge in [0.25, 0.3) is 0 Å².